The molecule has 21 heavy (non-hydrogen) atoms. The van der Waals surface area contributed by atoms with Crippen LogP contribution in [0, 0.1) is 11.3 Å². The molecule has 2 unspecified atom stereocenters. The molecule has 3 aliphatic rings. The number of Topliss-reactive ketones (excluding diaryl/α,β-unsaturated/α-hetero) is 1. The number of allylic oxidation sites excluding steroid dienone is 2. The maximum atomic E-state index is 12.9. The number of hydrogen-bond donors (Lipinski definition) is 0. The van der Waals surface area contributed by atoms with Crippen LogP contribution in [-0.4, -0.2) is 5.78 Å². The molecule has 4 rings (SSSR count). The molecule has 3 aliphatic carbocycles. The lowest BCUT2D eigenvalue weighted by Gasteiger charge is -2.39. The van der Waals surface area contributed by atoms with Gasteiger partial charge in [-0.1, -0.05) is 43.2 Å². The minimum Gasteiger partial charge on any atom is -0.299 e. The predicted molar refractivity (Wildman–Crippen MR) is 85.3 cm³/mol. The van der Waals surface area contributed by atoms with E-state index in [1.54, 1.807) is 5.57 Å². The molecule has 1 spiro atoms. The average Bonchev–Trinajstić information content (AvgIpc) is 3.08. The Bertz CT molecular complexity index is 625. The zero-order valence-corrected chi connectivity index (χ0v) is 13.0. The molecule has 1 aromatic rings. The van der Waals surface area contributed by atoms with Crippen molar-refractivity contribution >= 4 is 5.78 Å². The molecule has 2 atom stereocenters. The standard InChI is InChI=1S/C20H24O/c1-2-3-5-15-6-4-7-16-11-19(21)20(13-18(15)16)12-14-8-9-17(20)10-14/h4,6-8,17H,2-3,5,9-13H2,1H3. The molecule has 1 saturated carbocycles. The monoisotopic (exact) mass is 280 g/mol. The Morgan fingerprint density at radius 3 is 2.90 bits per heavy atom. The number of benzene rings is 1. The maximum Gasteiger partial charge on any atom is 0.144 e. The number of ketones is 1. The van der Waals surface area contributed by atoms with Crippen LogP contribution in [0.2, 0.25) is 0 Å². The van der Waals surface area contributed by atoms with Gasteiger partial charge in [0, 0.05) is 11.8 Å². The van der Waals surface area contributed by atoms with E-state index in [2.05, 4.69) is 31.2 Å². The van der Waals surface area contributed by atoms with Gasteiger partial charge in [0.15, 0.2) is 0 Å². The molecular weight excluding hydrogens is 256 g/mol. The maximum absolute atomic E-state index is 12.9. The van der Waals surface area contributed by atoms with Crippen LogP contribution in [0.1, 0.15) is 55.7 Å². The second kappa shape index (κ2) is 4.83. The van der Waals surface area contributed by atoms with Gasteiger partial charge in [-0.2, -0.15) is 0 Å². The quantitative estimate of drug-likeness (QED) is 0.749. The van der Waals surface area contributed by atoms with E-state index < -0.39 is 0 Å². The second-order valence-electron chi connectivity index (χ2n) is 7.27. The SMILES string of the molecule is CCCCc1cccc2c1CC1(CC3=CCC1C3)C(=O)C2. The van der Waals surface area contributed by atoms with Crippen molar-refractivity contribution in [3.05, 3.63) is 46.5 Å². The summed E-state index contributed by atoms with van der Waals surface area (Å²) in [6.07, 6.45) is 11.2. The number of fused-ring (bicyclic) bond motifs is 4. The van der Waals surface area contributed by atoms with E-state index in [4.69, 9.17) is 0 Å². The first-order valence-electron chi connectivity index (χ1n) is 8.54. The van der Waals surface area contributed by atoms with Crippen molar-refractivity contribution < 1.29 is 4.79 Å². The highest BCUT2D eigenvalue weighted by atomic mass is 16.1. The highest BCUT2D eigenvalue weighted by molar-refractivity contribution is 5.91. The van der Waals surface area contributed by atoms with Crippen LogP contribution in [0.4, 0.5) is 0 Å². The number of unbranched alkanes of at least 4 members (excludes halogenated alkanes) is 1. The van der Waals surface area contributed by atoms with Gasteiger partial charge in [-0.05, 0) is 61.1 Å². The summed E-state index contributed by atoms with van der Waals surface area (Å²) < 4.78 is 0. The zero-order chi connectivity index (χ0) is 14.4. The van der Waals surface area contributed by atoms with Crippen LogP contribution in [0.3, 0.4) is 0 Å². The van der Waals surface area contributed by atoms with Crippen LogP contribution in [-0.2, 0) is 24.1 Å². The summed E-state index contributed by atoms with van der Waals surface area (Å²) in [5.41, 5.74) is 5.88. The Balaban J connectivity index is 1.72. The highest BCUT2D eigenvalue weighted by Gasteiger charge is 2.53. The molecule has 0 radical (unpaired) electrons. The molecule has 1 aromatic carbocycles. The van der Waals surface area contributed by atoms with Crippen LogP contribution in [0.5, 0.6) is 0 Å². The fourth-order valence-corrected chi connectivity index (χ4v) is 4.88. The normalized spacial score (nSPS) is 29.9. The van der Waals surface area contributed by atoms with Crippen LogP contribution >= 0.6 is 0 Å². The van der Waals surface area contributed by atoms with Gasteiger partial charge in [0.1, 0.15) is 5.78 Å². The van der Waals surface area contributed by atoms with Crippen molar-refractivity contribution in [2.45, 2.75) is 58.3 Å². The molecule has 1 heteroatoms. The molecule has 1 nitrogen and oxygen atoms in total. The Kier molecular flexibility index (Phi) is 3.06. The fraction of sp³-hybridized carbons (Fsp3) is 0.550. The molecule has 0 heterocycles. The van der Waals surface area contributed by atoms with Gasteiger partial charge in [0.2, 0.25) is 0 Å². The van der Waals surface area contributed by atoms with Crippen molar-refractivity contribution in [1.29, 1.82) is 0 Å². The van der Waals surface area contributed by atoms with E-state index in [-0.39, 0.29) is 5.41 Å². The van der Waals surface area contributed by atoms with Crippen LogP contribution in [0.15, 0.2) is 29.8 Å². The van der Waals surface area contributed by atoms with Gasteiger partial charge in [-0.15, -0.1) is 0 Å². The summed E-state index contributed by atoms with van der Waals surface area (Å²) in [5, 5.41) is 0. The minimum atomic E-state index is -0.0284. The number of hydrogen-bond acceptors (Lipinski definition) is 1. The Morgan fingerprint density at radius 1 is 1.29 bits per heavy atom. The summed E-state index contributed by atoms with van der Waals surface area (Å²) in [7, 11) is 0. The number of carbonyl (C=O) groups is 1. The molecule has 0 amide bonds. The molecule has 0 aromatic heterocycles. The van der Waals surface area contributed by atoms with Gasteiger partial charge in [0.05, 0.1) is 0 Å². The van der Waals surface area contributed by atoms with Gasteiger partial charge >= 0.3 is 0 Å². The lowest BCUT2D eigenvalue weighted by atomic mass is 9.62. The average molecular weight is 280 g/mol. The molecule has 1 fully saturated rings. The Labute approximate surface area is 127 Å². The van der Waals surface area contributed by atoms with Gasteiger partial charge in [-0.25, -0.2) is 0 Å². The summed E-state index contributed by atoms with van der Waals surface area (Å²) in [4.78, 5) is 12.9. The van der Waals surface area contributed by atoms with Gasteiger partial charge in [-0.3, -0.25) is 4.79 Å². The molecule has 0 aliphatic heterocycles. The molecule has 2 bridgehead atoms. The third-order valence-corrected chi connectivity index (χ3v) is 6.09. The molecule has 0 N–H and O–H groups in total. The predicted octanol–water partition coefficient (Wildman–Crippen LogP) is 4.42. The molecular formula is C20H24O. The fourth-order valence-electron chi connectivity index (χ4n) is 4.88. The van der Waals surface area contributed by atoms with Crippen LogP contribution in [0.25, 0.3) is 0 Å². The summed E-state index contributed by atoms with van der Waals surface area (Å²) in [5.74, 6) is 1.13. The minimum absolute atomic E-state index is 0.0284. The van der Waals surface area contributed by atoms with Crippen molar-refractivity contribution in [2.24, 2.45) is 11.3 Å². The van der Waals surface area contributed by atoms with Gasteiger partial charge < -0.3 is 0 Å². The first kappa shape index (κ1) is 13.3. The van der Waals surface area contributed by atoms with Crippen molar-refractivity contribution in [1.82, 2.24) is 0 Å². The van der Waals surface area contributed by atoms with E-state index >= 15 is 0 Å². The Hall–Kier alpha value is -1.37. The van der Waals surface area contributed by atoms with E-state index in [0.717, 1.165) is 19.3 Å². The van der Waals surface area contributed by atoms with Crippen molar-refractivity contribution in [3.8, 4) is 0 Å². The lowest BCUT2D eigenvalue weighted by Crippen LogP contribution is -2.42. The Morgan fingerprint density at radius 2 is 2.19 bits per heavy atom. The first-order valence-corrected chi connectivity index (χ1v) is 8.54. The first-order chi connectivity index (χ1) is 10.2. The molecule has 0 saturated heterocycles. The van der Waals surface area contributed by atoms with E-state index in [1.165, 1.54) is 42.4 Å². The number of aryl methyl sites for hydroxylation is 1. The molecule has 110 valence electrons. The van der Waals surface area contributed by atoms with E-state index in [0.29, 0.717) is 18.1 Å². The largest absolute Gasteiger partial charge is 0.299 e. The zero-order valence-electron chi connectivity index (χ0n) is 13.0. The summed E-state index contributed by atoms with van der Waals surface area (Å²) in [6, 6.07) is 6.63. The van der Waals surface area contributed by atoms with Gasteiger partial charge in [0.25, 0.3) is 0 Å². The third-order valence-electron chi connectivity index (χ3n) is 6.09. The third kappa shape index (κ3) is 1.93. The number of carbonyl (C=O) groups excluding carboxylic acids is 1. The summed E-state index contributed by atoms with van der Waals surface area (Å²) in [6.45, 7) is 2.25. The van der Waals surface area contributed by atoms with Crippen molar-refractivity contribution in [2.75, 3.05) is 0 Å². The smallest absolute Gasteiger partial charge is 0.144 e. The van der Waals surface area contributed by atoms with Crippen molar-refractivity contribution in [3.63, 3.8) is 0 Å². The second-order valence-corrected chi connectivity index (χ2v) is 7.27. The van der Waals surface area contributed by atoms with E-state index in [1.807, 2.05) is 0 Å². The highest BCUT2D eigenvalue weighted by Crippen LogP contribution is 2.57. The lowest BCUT2D eigenvalue weighted by molar-refractivity contribution is -0.131. The number of rotatable bonds is 3. The topological polar surface area (TPSA) is 17.1 Å². The van der Waals surface area contributed by atoms with Crippen LogP contribution < -0.4 is 0 Å². The summed E-state index contributed by atoms with van der Waals surface area (Å²) >= 11 is 0. The van der Waals surface area contributed by atoms with E-state index in [9.17, 15) is 4.79 Å².